The quantitative estimate of drug-likeness (QED) is 0.299. The van der Waals surface area contributed by atoms with Crippen molar-refractivity contribution in [2.75, 3.05) is 6.61 Å². The number of allylic oxidation sites excluding steroid dienone is 2. The molecule has 0 saturated heterocycles. The molecule has 0 spiro atoms. The largest absolute Gasteiger partial charge is 0.466 e. The van der Waals surface area contributed by atoms with Crippen LogP contribution in [-0.4, -0.2) is 12.6 Å². The van der Waals surface area contributed by atoms with E-state index in [-0.39, 0.29) is 5.97 Å². The zero-order chi connectivity index (χ0) is 12.8. The molecule has 100 valence electrons. The molecule has 0 aliphatic rings. The van der Waals surface area contributed by atoms with Crippen molar-refractivity contribution in [1.82, 2.24) is 0 Å². The number of carbonyl (C=O) groups is 1. The van der Waals surface area contributed by atoms with Crippen LogP contribution in [0.25, 0.3) is 0 Å². The maximum absolute atomic E-state index is 11.2. The van der Waals surface area contributed by atoms with Crippen LogP contribution in [0.4, 0.5) is 0 Å². The van der Waals surface area contributed by atoms with Gasteiger partial charge in [-0.2, -0.15) is 0 Å². The van der Waals surface area contributed by atoms with Gasteiger partial charge < -0.3 is 4.74 Å². The SMILES string of the molecule is CCCC/C=C\CCCCOC(=O)CCCC. The minimum Gasteiger partial charge on any atom is -0.466 e. The maximum Gasteiger partial charge on any atom is 0.305 e. The Hall–Kier alpha value is -0.790. The molecule has 0 saturated carbocycles. The number of hydrogen-bond acceptors (Lipinski definition) is 2. The molecule has 0 aliphatic heterocycles. The van der Waals surface area contributed by atoms with Crippen LogP contribution in [0.15, 0.2) is 12.2 Å². The Morgan fingerprint density at radius 2 is 1.59 bits per heavy atom. The highest BCUT2D eigenvalue weighted by atomic mass is 16.5. The third kappa shape index (κ3) is 13.1. The van der Waals surface area contributed by atoms with Crippen LogP contribution in [0.3, 0.4) is 0 Å². The van der Waals surface area contributed by atoms with E-state index in [1.165, 1.54) is 19.3 Å². The predicted molar refractivity (Wildman–Crippen MR) is 73.0 cm³/mol. The summed E-state index contributed by atoms with van der Waals surface area (Å²) in [5, 5.41) is 0. The van der Waals surface area contributed by atoms with Crippen LogP contribution < -0.4 is 0 Å². The van der Waals surface area contributed by atoms with Gasteiger partial charge in [0.25, 0.3) is 0 Å². The zero-order valence-corrected chi connectivity index (χ0v) is 11.5. The standard InChI is InChI=1S/C15H28O2/c1-3-5-7-8-9-10-11-12-14-17-15(16)13-6-4-2/h8-9H,3-7,10-14H2,1-2H3/b9-8-. The Morgan fingerprint density at radius 3 is 2.24 bits per heavy atom. The topological polar surface area (TPSA) is 26.3 Å². The van der Waals surface area contributed by atoms with Gasteiger partial charge in [-0.3, -0.25) is 4.79 Å². The smallest absolute Gasteiger partial charge is 0.305 e. The van der Waals surface area contributed by atoms with Crippen LogP contribution in [0.5, 0.6) is 0 Å². The summed E-state index contributed by atoms with van der Waals surface area (Å²) in [6.07, 6.45) is 14.0. The molecule has 2 heteroatoms. The molecule has 0 rings (SSSR count). The number of ether oxygens (including phenoxy) is 1. The van der Waals surface area contributed by atoms with Crippen LogP contribution in [-0.2, 0) is 9.53 Å². The van der Waals surface area contributed by atoms with Gasteiger partial charge >= 0.3 is 5.97 Å². The number of hydrogen-bond donors (Lipinski definition) is 0. The second-order valence-electron chi connectivity index (χ2n) is 4.43. The van der Waals surface area contributed by atoms with Gasteiger partial charge in [0, 0.05) is 6.42 Å². The molecule has 17 heavy (non-hydrogen) atoms. The molecule has 0 aliphatic carbocycles. The molecule has 0 fully saturated rings. The monoisotopic (exact) mass is 240 g/mol. The fourth-order valence-corrected chi connectivity index (χ4v) is 1.50. The number of carbonyl (C=O) groups excluding carboxylic acids is 1. The first-order chi connectivity index (χ1) is 8.31. The Morgan fingerprint density at radius 1 is 0.941 bits per heavy atom. The third-order valence-electron chi connectivity index (χ3n) is 2.65. The number of rotatable bonds is 11. The molecule has 0 atom stereocenters. The molecular formula is C15H28O2. The zero-order valence-electron chi connectivity index (χ0n) is 11.5. The second kappa shape index (κ2) is 13.3. The first kappa shape index (κ1) is 16.2. The molecular weight excluding hydrogens is 212 g/mol. The summed E-state index contributed by atoms with van der Waals surface area (Å²) in [4.78, 5) is 11.2. The highest BCUT2D eigenvalue weighted by Gasteiger charge is 2.00. The molecule has 0 heterocycles. The van der Waals surface area contributed by atoms with Crippen molar-refractivity contribution >= 4 is 5.97 Å². The van der Waals surface area contributed by atoms with E-state index >= 15 is 0 Å². The third-order valence-corrected chi connectivity index (χ3v) is 2.65. The van der Waals surface area contributed by atoms with Crippen molar-refractivity contribution in [3.05, 3.63) is 12.2 Å². The Bertz CT molecular complexity index is 197. The highest BCUT2D eigenvalue weighted by Crippen LogP contribution is 2.02. The summed E-state index contributed by atoms with van der Waals surface area (Å²) in [6, 6.07) is 0. The second-order valence-corrected chi connectivity index (χ2v) is 4.43. The van der Waals surface area contributed by atoms with E-state index in [1.54, 1.807) is 0 Å². The van der Waals surface area contributed by atoms with Crippen molar-refractivity contribution < 1.29 is 9.53 Å². The van der Waals surface area contributed by atoms with E-state index in [0.717, 1.165) is 32.1 Å². The Balaban J connectivity index is 3.17. The minimum atomic E-state index is -0.0367. The van der Waals surface area contributed by atoms with Gasteiger partial charge in [0.05, 0.1) is 6.61 Å². The van der Waals surface area contributed by atoms with Crippen LogP contribution in [0.2, 0.25) is 0 Å². The molecule has 0 amide bonds. The van der Waals surface area contributed by atoms with Crippen molar-refractivity contribution in [3.8, 4) is 0 Å². The van der Waals surface area contributed by atoms with Crippen molar-refractivity contribution in [2.24, 2.45) is 0 Å². The van der Waals surface area contributed by atoms with Crippen LogP contribution in [0, 0.1) is 0 Å². The number of esters is 1. The molecule has 0 bridgehead atoms. The van der Waals surface area contributed by atoms with Crippen LogP contribution >= 0.6 is 0 Å². The predicted octanol–water partition coefficient (Wildman–Crippen LogP) is 4.64. The lowest BCUT2D eigenvalue weighted by atomic mass is 10.2. The minimum absolute atomic E-state index is 0.0367. The summed E-state index contributed by atoms with van der Waals surface area (Å²) < 4.78 is 5.13. The van der Waals surface area contributed by atoms with Gasteiger partial charge in [-0.15, -0.1) is 0 Å². The van der Waals surface area contributed by atoms with Crippen molar-refractivity contribution in [1.29, 1.82) is 0 Å². The summed E-state index contributed by atoms with van der Waals surface area (Å²) in [5.41, 5.74) is 0. The maximum atomic E-state index is 11.2. The molecule has 0 radical (unpaired) electrons. The molecule has 0 aromatic rings. The van der Waals surface area contributed by atoms with Crippen molar-refractivity contribution in [3.63, 3.8) is 0 Å². The lowest BCUT2D eigenvalue weighted by molar-refractivity contribution is -0.143. The molecule has 0 unspecified atom stereocenters. The summed E-state index contributed by atoms with van der Waals surface area (Å²) in [5.74, 6) is -0.0367. The van der Waals surface area contributed by atoms with Gasteiger partial charge in [0.1, 0.15) is 0 Å². The first-order valence-corrected chi connectivity index (χ1v) is 7.11. The van der Waals surface area contributed by atoms with E-state index in [0.29, 0.717) is 13.0 Å². The van der Waals surface area contributed by atoms with E-state index < -0.39 is 0 Å². The molecule has 0 aromatic heterocycles. The van der Waals surface area contributed by atoms with Crippen LogP contribution in [0.1, 0.15) is 71.6 Å². The lowest BCUT2D eigenvalue weighted by Crippen LogP contribution is -2.05. The number of unbranched alkanes of at least 4 members (excludes halogenated alkanes) is 5. The van der Waals surface area contributed by atoms with Gasteiger partial charge in [-0.1, -0.05) is 45.3 Å². The normalized spacial score (nSPS) is 10.9. The molecule has 0 N–H and O–H groups in total. The molecule has 2 nitrogen and oxygen atoms in total. The Labute approximate surface area is 106 Å². The fourth-order valence-electron chi connectivity index (χ4n) is 1.50. The first-order valence-electron chi connectivity index (χ1n) is 7.11. The highest BCUT2D eigenvalue weighted by molar-refractivity contribution is 5.69. The van der Waals surface area contributed by atoms with E-state index in [1.807, 2.05) is 0 Å². The van der Waals surface area contributed by atoms with Gasteiger partial charge in [-0.25, -0.2) is 0 Å². The summed E-state index contributed by atoms with van der Waals surface area (Å²) >= 11 is 0. The van der Waals surface area contributed by atoms with Gasteiger partial charge in [0.15, 0.2) is 0 Å². The van der Waals surface area contributed by atoms with Gasteiger partial charge in [0.2, 0.25) is 0 Å². The average molecular weight is 240 g/mol. The Kier molecular flexibility index (Phi) is 12.7. The summed E-state index contributed by atoms with van der Waals surface area (Å²) in [6.45, 7) is 4.88. The van der Waals surface area contributed by atoms with E-state index in [9.17, 15) is 4.79 Å². The van der Waals surface area contributed by atoms with E-state index in [4.69, 9.17) is 4.74 Å². The molecule has 0 aromatic carbocycles. The van der Waals surface area contributed by atoms with Crippen molar-refractivity contribution in [2.45, 2.75) is 71.6 Å². The van der Waals surface area contributed by atoms with E-state index in [2.05, 4.69) is 26.0 Å². The fraction of sp³-hybridized carbons (Fsp3) is 0.800. The lowest BCUT2D eigenvalue weighted by Gasteiger charge is -2.03. The summed E-state index contributed by atoms with van der Waals surface area (Å²) in [7, 11) is 0. The van der Waals surface area contributed by atoms with Gasteiger partial charge in [-0.05, 0) is 32.1 Å². The average Bonchev–Trinajstić information content (AvgIpc) is 2.34.